The molecule has 0 saturated heterocycles. The molecule has 0 aromatic heterocycles. The highest BCUT2D eigenvalue weighted by Crippen LogP contribution is 2.34. The van der Waals surface area contributed by atoms with Crippen molar-refractivity contribution in [2.45, 2.75) is 39.0 Å². The number of aromatic hydroxyl groups is 1. The summed E-state index contributed by atoms with van der Waals surface area (Å²) in [7, 11) is 1.34. The van der Waals surface area contributed by atoms with Gasteiger partial charge in [0.15, 0.2) is 0 Å². The van der Waals surface area contributed by atoms with Crippen molar-refractivity contribution in [3.63, 3.8) is 0 Å². The van der Waals surface area contributed by atoms with Gasteiger partial charge in [-0.2, -0.15) is 0 Å². The second-order valence-corrected chi connectivity index (χ2v) is 7.23. The number of rotatable bonds is 6. The fourth-order valence-corrected chi connectivity index (χ4v) is 3.49. The van der Waals surface area contributed by atoms with Crippen molar-refractivity contribution in [2.75, 3.05) is 7.11 Å². The number of phenolic OH excluding ortho intramolecular Hbond substituents is 1. The average Bonchev–Trinajstić information content (AvgIpc) is 2.57. The number of ether oxygens (including phenoxy) is 1. The highest BCUT2D eigenvalue weighted by Gasteiger charge is 2.18. The van der Waals surface area contributed by atoms with E-state index < -0.39 is 5.82 Å². The lowest BCUT2D eigenvalue weighted by Gasteiger charge is -2.15. The topological polar surface area (TPSA) is 46.5 Å². The first-order chi connectivity index (χ1) is 12.2. The summed E-state index contributed by atoms with van der Waals surface area (Å²) < 4.78 is 19.4. The van der Waals surface area contributed by atoms with Crippen LogP contribution < -0.4 is 0 Å². The highest BCUT2D eigenvalue weighted by atomic mass is 35.5. The standard InChI is InChI=1S/C20H21Cl2FO3/c1-11(2)19-17(24)6-5-13(20(19)23)10-14-15(21)8-12(9-16(14)22)4-7-18(25)26-3/h5-6,8-9,11,24H,4,7,10H2,1-3H3. The summed E-state index contributed by atoms with van der Waals surface area (Å²) in [6, 6.07) is 6.48. The van der Waals surface area contributed by atoms with Crippen LogP contribution in [0.2, 0.25) is 10.0 Å². The Hall–Kier alpha value is -1.78. The van der Waals surface area contributed by atoms with Gasteiger partial charge in [-0.1, -0.05) is 43.1 Å². The number of halogens is 3. The Labute approximate surface area is 162 Å². The number of carbonyl (C=O) groups excluding carboxylic acids is 1. The molecule has 0 spiro atoms. The summed E-state index contributed by atoms with van der Waals surface area (Å²) in [5.41, 5.74) is 2.11. The number of hydrogen-bond donors (Lipinski definition) is 1. The van der Waals surface area contributed by atoms with E-state index in [-0.39, 0.29) is 36.0 Å². The minimum absolute atomic E-state index is 0.0587. The maximum absolute atomic E-state index is 14.8. The normalized spacial score (nSPS) is 11.0. The van der Waals surface area contributed by atoms with Gasteiger partial charge in [-0.25, -0.2) is 4.39 Å². The molecule has 0 radical (unpaired) electrons. The molecule has 6 heteroatoms. The van der Waals surface area contributed by atoms with Crippen LogP contribution in [0.15, 0.2) is 24.3 Å². The van der Waals surface area contributed by atoms with Crippen molar-refractivity contribution < 1.29 is 19.0 Å². The molecule has 2 aromatic carbocycles. The molecule has 0 fully saturated rings. The van der Waals surface area contributed by atoms with E-state index in [0.29, 0.717) is 27.6 Å². The van der Waals surface area contributed by atoms with Crippen LogP contribution in [0.1, 0.15) is 48.4 Å². The van der Waals surface area contributed by atoms with Gasteiger partial charge < -0.3 is 9.84 Å². The molecule has 0 heterocycles. The summed E-state index contributed by atoms with van der Waals surface area (Å²) >= 11 is 12.7. The summed E-state index contributed by atoms with van der Waals surface area (Å²) in [6.07, 6.45) is 0.894. The molecule has 2 rings (SSSR count). The zero-order valence-corrected chi connectivity index (χ0v) is 16.4. The third kappa shape index (κ3) is 4.68. The van der Waals surface area contributed by atoms with Crippen LogP contribution in [-0.4, -0.2) is 18.2 Å². The molecule has 140 valence electrons. The summed E-state index contributed by atoms with van der Waals surface area (Å²) in [5.74, 6) is -0.964. The first-order valence-electron chi connectivity index (χ1n) is 8.28. The minimum atomic E-state index is -0.443. The molecule has 0 aliphatic rings. The maximum Gasteiger partial charge on any atom is 0.305 e. The summed E-state index contributed by atoms with van der Waals surface area (Å²) in [5, 5.41) is 10.7. The number of phenols is 1. The van der Waals surface area contributed by atoms with Crippen LogP contribution in [0.4, 0.5) is 4.39 Å². The molecular formula is C20H21Cl2FO3. The van der Waals surface area contributed by atoms with E-state index in [1.54, 1.807) is 12.1 Å². The Morgan fingerprint density at radius 1 is 1.23 bits per heavy atom. The second kappa shape index (κ2) is 8.74. The van der Waals surface area contributed by atoms with E-state index in [0.717, 1.165) is 5.56 Å². The van der Waals surface area contributed by atoms with Gasteiger partial charge in [-0.15, -0.1) is 0 Å². The van der Waals surface area contributed by atoms with Crippen molar-refractivity contribution in [3.8, 4) is 5.75 Å². The number of esters is 1. The molecule has 3 nitrogen and oxygen atoms in total. The van der Waals surface area contributed by atoms with Crippen molar-refractivity contribution in [1.29, 1.82) is 0 Å². The third-order valence-electron chi connectivity index (χ3n) is 4.23. The second-order valence-electron chi connectivity index (χ2n) is 6.42. The summed E-state index contributed by atoms with van der Waals surface area (Å²) in [6.45, 7) is 3.63. The van der Waals surface area contributed by atoms with Crippen LogP contribution in [0.5, 0.6) is 5.75 Å². The first kappa shape index (κ1) is 20.5. The monoisotopic (exact) mass is 398 g/mol. The number of benzene rings is 2. The molecule has 2 aromatic rings. The molecular weight excluding hydrogens is 378 g/mol. The Kier molecular flexibility index (Phi) is 6.90. The lowest BCUT2D eigenvalue weighted by Crippen LogP contribution is -2.03. The van der Waals surface area contributed by atoms with E-state index in [9.17, 15) is 14.3 Å². The third-order valence-corrected chi connectivity index (χ3v) is 4.90. The van der Waals surface area contributed by atoms with Crippen LogP contribution >= 0.6 is 23.2 Å². The zero-order valence-electron chi connectivity index (χ0n) is 14.9. The molecule has 0 aliphatic heterocycles. The van der Waals surface area contributed by atoms with Crippen LogP contribution in [0.25, 0.3) is 0 Å². The Morgan fingerprint density at radius 2 is 1.85 bits per heavy atom. The SMILES string of the molecule is COC(=O)CCc1cc(Cl)c(Cc2ccc(O)c(C(C)C)c2F)c(Cl)c1. The van der Waals surface area contributed by atoms with Gasteiger partial charge in [0.1, 0.15) is 11.6 Å². The number of carbonyl (C=O) groups is 1. The highest BCUT2D eigenvalue weighted by molar-refractivity contribution is 6.36. The molecule has 0 atom stereocenters. The molecule has 0 saturated carbocycles. The van der Waals surface area contributed by atoms with Crippen LogP contribution in [0, 0.1) is 5.82 Å². The Bertz CT molecular complexity index is 796. The van der Waals surface area contributed by atoms with Crippen LogP contribution in [0.3, 0.4) is 0 Å². The molecule has 26 heavy (non-hydrogen) atoms. The van der Waals surface area contributed by atoms with E-state index in [1.165, 1.54) is 19.2 Å². The fourth-order valence-electron chi connectivity index (χ4n) is 2.82. The van der Waals surface area contributed by atoms with E-state index in [1.807, 2.05) is 13.8 Å². The number of aryl methyl sites for hydroxylation is 1. The van der Waals surface area contributed by atoms with E-state index in [4.69, 9.17) is 23.2 Å². The number of hydrogen-bond acceptors (Lipinski definition) is 3. The molecule has 0 unspecified atom stereocenters. The van der Waals surface area contributed by atoms with E-state index >= 15 is 0 Å². The van der Waals surface area contributed by atoms with E-state index in [2.05, 4.69) is 4.74 Å². The maximum atomic E-state index is 14.8. The smallest absolute Gasteiger partial charge is 0.305 e. The van der Waals surface area contributed by atoms with Crippen molar-refractivity contribution in [1.82, 2.24) is 0 Å². The lowest BCUT2D eigenvalue weighted by molar-refractivity contribution is -0.140. The summed E-state index contributed by atoms with van der Waals surface area (Å²) in [4.78, 5) is 11.3. The molecule has 0 bridgehead atoms. The average molecular weight is 399 g/mol. The van der Waals surface area contributed by atoms with Crippen molar-refractivity contribution >= 4 is 29.2 Å². The van der Waals surface area contributed by atoms with Gasteiger partial charge in [0.05, 0.1) is 7.11 Å². The largest absolute Gasteiger partial charge is 0.508 e. The van der Waals surface area contributed by atoms with Crippen molar-refractivity contribution in [2.24, 2.45) is 0 Å². The minimum Gasteiger partial charge on any atom is -0.508 e. The van der Waals surface area contributed by atoms with Gasteiger partial charge in [-0.05, 0) is 47.2 Å². The van der Waals surface area contributed by atoms with Gasteiger partial charge in [0.25, 0.3) is 0 Å². The van der Waals surface area contributed by atoms with Crippen molar-refractivity contribution in [3.05, 3.63) is 62.4 Å². The lowest BCUT2D eigenvalue weighted by atomic mass is 9.95. The molecule has 0 amide bonds. The quantitative estimate of drug-likeness (QED) is 0.638. The van der Waals surface area contributed by atoms with Gasteiger partial charge in [-0.3, -0.25) is 4.79 Å². The predicted molar refractivity (Wildman–Crippen MR) is 102 cm³/mol. The number of methoxy groups -OCH3 is 1. The van der Waals surface area contributed by atoms with Crippen LogP contribution in [-0.2, 0) is 22.4 Å². The van der Waals surface area contributed by atoms with Gasteiger partial charge in [0, 0.05) is 28.5 Å². The fraction of sp³-hybridized carbons (Fsp3) is 0.350. The van der Waals surface area contributed by atoms with Gasteiger partial charge in [0.2, 0.25) is 0 Å². The van der Waals surface area contributed by atoms with Gasteiger partial charge >= 0.3 is 5.97 Å². The molecule has 0 aliphatic carbocycles. The Morgan fingerprint density at radius 3 is 2.38 bits per heavy atom. The molecule has 1 N–H and O–H groups in total. The first-order valence-corrected chi connectivity index (χ1v) is 9.04. The predicted octanol–water partition coefficient (Wildman–Crippen LogP) is 5.66. The zero-order chi connectivity index (χ0) is 19.4. The Balaban J connectivity index is 2.31.